The Bertz CT molecular complexity index is 1020. The van der Waals surface area contributed by atoms with E-state index in [-0.39, 0.29) is 11.7 Å². The molecule has 0 bridgehead atoms. The van der Waals surface area contributed by atoms with Crippen molar-refractivity contribution < 1.29 is 9.18 Å². The highest BCUT2D eigenvalue weighted by molar-refractivity contribution is 6.04. The van der Waals surface area contributed by atoms with Gasteiger partial charge < -0.3 is 15.1 Å². The van der Waals surface area contributed by atoms with E-state index in [4.69, 9.17) is 0 Å². The molecule has 1 saturated heterocycles. The molecule has 154 valence electrons. The van der Waals surface area contributed by atoms with Crippen molar-refractivity contribution in [2.24, 2.45) is 0 Å². The molecule has 1 aliphatic heterocycles. The van der Waals surface area contributed by atoms with Gasteiger partial charge in [0, 0.05) is 42.8 Å². The van der Waals surface area contributed by atoms with Crippen LogP contribution in [0.1, 0.15) is 16.8 Å². The van der Waals surface area contributed by atoms with E-state index in [0.717, 1.165) is 30.6 Å². The molecule has 30 heavy (non-hydrogen) atoms. The number of anilines is 2. The molecule has 1 aromatic heterocycles. The Morgan fingerprint density at radius 2 is 1.93 bits per heavy atom. The lowest BCUT2D eigenvalue weighted by Gasteiger charge is -2.22. The zero-order valence-electron chi connectivity index (χ0n) is 17.2. The van der Waals surface area contributed by atoms with Gasteiger partial charge in [0.25, 0.3) is 5.91 Å². The van der Waals surface area contributed by atoms with E-state index < -0.39 is 0 Å². The average Bonchev–Trinajstić information content (AvgIpc) is 3.25. The summed E-state index contributed by atoms with van der Waals surface area (Å²) in [6.45, 7) is 1.63. The topological polar surface area (TPSA) is 48.5 Å². The minimum Gasteiger partial charge on any atom is -0.368 e. The summed E-state index contributed by atoms with van der Waals surface area (Å²) in [5.41, 5.74) is 3.51. The maximum atomic E-state index is 14.7. The van der Waals surface area contributed by atoms with Crippen LogP contribution < -0.4 is 10.2 Å². The molecule has 1 N–H and O–H groups in total. The fourth-order valence-corrected chi connectivity index (χ4v) is 3.77. The molecule has 1 aliphatic rings. The molecule has 0 spiro atoms. The van der Waals surface area contributed by atoms with Gasteiger partial charge in [-0.3, -0.25) is 9.78 Å². The average molecular weight is 404 g/mol. The highest BCUT2D eigenvalue weighted by atomic mass is 19.1. The first-order valence-corrected chi connectivity index (χ1v) is 10.0. The number of hydrogen-bond acceptors (Lipinski definition) is 4. The van der Waals surface area contributed by atoms with Crippen LogP contribution in [-0.2, 0) is 0 Å². The van der Waals surface area contributed by atoms with Gasteiger partial charge in [0.2, 0.25) is 0 Å². The Kier molecular flexibility index (Phi) is 5.77. The van der Waals surface area contributed by atoms with E-state index in [2.05, 4.69) is 20.1 Å². The highest BCUT2D eigenvalue weighted by Gasteiger charge is 2.25. The Morgan fingerprint density at radius 1 is 1.13 bits per heavy atom. The van der Waals surface area contributed by atoms with Crippen molar-refractivity contribution in [1.82, 2.24) is 9.88 Å². The number of pyridine rings is 1. The van der Waals surface area contributed by atoms with E-state index in [1.54, 1.807) is 36.7 Å². The van der Waals surface area contributed by atoms with Crippen molar-refractivity contribution in [1.29, 1.82) is 0 Å². The zero-order chi connectivity index (χ0) is 21.1. The van der Waals surface area contributed by atoms with Crippen molar-refractivity contribution in [2.75, 3.05) is 37.4 Å². The van der Waals surface area contributed by atoms with Crippen molar-refractivity contribution >= 4 is 17.3 Å². The van der Waals surface area contributed by atoms with Gasteiger partial charge in [0.05, 0.1) is 5.69 Å². The standard InChI is InChI=1S/C24H25FN4O/c1-28(2)21-11-13-29(16-21)23-10-9-20(14-22(23)25)27-24(30)18-7-5-17(6-8-18)19-4-3-12-26-15-19/h3-10,12,14-15,21H,11,13,16H2,1-2H3,(H,27,30). The fraction of sp³-hybridized carbons (Fsp3) is 0.250. The van der Waals surface area contributed by atoms with Crippen LogP contribution in [0.3, 0.4) is 0 Å². The third-order valence-electron chi connectivity index (χ3n) is 5.58. The molecule has 1 fully saturated rings. The predicted octanol–water partition coefficient (Wildman–Crippen LogP) is 4.28. The van der Waals surface area contributed by atoms with Crippen LogP contribution in [0.2, 0.25) is 0 Å². The number of amides is 1. The molecular formula is C24H25FN4O. The minimum atomic E-state index is -0.320. The van der Waals surface area contributed by atoms with E-state index in [9.17, 15) is 9.18 Å². The maximum Gasteiger partial charge on any atom is 0.255 e. The molecule has 6 heteroatoms. The first-order valence-electron chi connectivity index (χ1n) is 10.0. The molecule has 0 aliphatic carbocycles. The van der Waals surface area contributed by atoms with Crippen LogP contribution >= 0.6 is 0 Å². The Morgan fingerprint density at radius 3 is 2.57 bits per heavy atom. The molecule has 1 amide bonds. The van der Waals surface area contributed by atoms with Gasteiger partial charge in [-0.15, -0.1) is 0 Å². The summed E-state index contributed by atoms with van der Waals surface area (Å²) in [7, 11) is 4.10. The molecule has 2 heterocycles. The summed E-state index contributed by atoms with van der Waals surface area (Å²) in [5, 5.41) is 2.79. The summed E-state index contributed by atoms with van der Waals surface area (Å²) in [5.74, 6) is -0.590. The van der Waals surface area contributed by atoms with Crippen LogP contribution in [0, 0.1) is 5.82 Å². The number of likely N-dealkylation sites (N-methyl/N-ethyl adjacent to an activating group) is 1. The fourth-order valence-electron chi connectivity index (χ4n) is 3.77. The summed E-state index contributed by atoms with van der Waals surface area (Å²) in [6.07, 6.45) is 4.51. The summed E-state index contributed by atoms with van der Waals surface area (Å²) >= 11 is 0. The predicted molar refractivity (Wildman–Crippen MR) is 118 cm³/mol. The van der Waals surface area contributed by atoms with Crippen LogP contribution in [0.25, 0.3) is 11.1 Å². The van der Waals surface area contributed by atoms with Crippen LogP contribution in [0.4, 0.5) is 15.8 Å². The van der Waals surface area contributed by atoms with Gasteiger partial charge in [-0.1, -0.05) is 18.2 Å². The smallest absolute Gasteiger partial charge is 0.255 e. The first kappa shape index (κ1) is 20.0. The number of rotatable bonds is 5. The van der Waals surface area contributed by atoms with Gasteiger partial charge in [-0.25, -0.2) is 4.39 Å². The highest BCUT2D eigenvalue weighted by Crippen LogP contribution is 2.27. The number of hydrogen-bond donors (Lipinski definition) is 1. The molecule has 3 aromatic rings. The Hall–Kier alpha value is -3.25. The number of aromatic nitrogens is 1. The minimum absolute atomic E-state index is 0.270. The van der Waals surface area contributed by atoms with E-state index in [1.165, 1.54) is 6.07 Å². The monoisotopic (exact) mass is 404 g/mol. The number of nitrogens with one attached hydrogen (secondary N) is 1. The Balaban J connectivity index is 1.43. The zero-order valence-corrected chi connectivity index (χ0v) is 17.2. The molecule has 0 radical (unpaired) electrons. The molecule has 4 rings (SSSR count). The van der Waals surface area contributed by atoms with Gasteiger partial charge in [-0.05, 0) is 68.0 Å². The van der Waals surface area contributed by atoms with Gasteiger partial charge in [0.15, 0.2) is 0 Å². The molecule has 5 nitrogen and oxygen atoms in total. The van der Waals surface area contributed by atoms with Crippen LogP contribution in [0.15, 0.2) is 67.0 Å². The second-order valence-corrected chi connectivity index (χ2v) is 7.79. The van der Waals surface area contributed by atoms with Gasteiger partial charge in [-0.2, -0.15) is 0 Å². The quantitative estimate of drug-likeness (QED) is 0.690. The lowest BCUT2D eigenvalue weighted by molar-refractivity contribution is 0.102. The maximum absolute atomic E-state index is 14.7. The third kappa shape index (κ3) is 4.33. The van der Waals surface area contributed by atoms with Crippen molar-refractivity contribution in [2.45, 2.75) is 12.5 Å². The lowest BCUT2D eigenvalue weighted by Crippen LogP contribution is -2.31. The molecule has 1 atom stereocenters. The van der Waals surface area contributed by atoms with E-state index in [0.29, 0.717) is 23.0 Å². The molecule has 0 saturated carbocycles. The van der Waals surface area contributed by atoms with Crippen LogP contribution in [0.5, 0.6) is 0 Å². The number of benzene rings is 2. The van der Waals surface area contributed by atoms with E-state index in [1.807, 2.05) is 38.4 Å². The second-order valence-electron chi connectivity index (χ2n) is 7.79. The normalized spacial score (nSPS) is 16.1. The summed E-state index contributed by atoms with van der Waals surface area (Å²) < 4.78 is 14.7. The summed E-state index contributed by atoms with van der Waals surface area (Å²) in [4.78, 5) is 20.9. The molecule has 1 unspecified atom stereocenters. The lowest BCUT2D eigenvalue weighted by atomic mass is 10.1. The number of halogens is 1. The second kappa shape index (κ2) is 8.63. The number of nitrogens with zero attached hydrogens (tertiary/aromatic N) is 3. The largest absolute Gasteiger partial charge is 0.368 e. The van der Waals surface area contributed by atoms with Crippen molar-refractivity contribution in [3.05, 3.63) is 78.4 Å². The number of carbonyl (C=O) groups is 1. The molecule has 2 aromatic carbocycles. The van der Waals surface area contributed by atoms with Crippen LogP contribution in [-0.4, -0.2) is 49.0 Å². The van der Waals surface area contributed by atoms with Crippen molar-refractivity contribution in [3.63, 3.8) is 0 Å². The number of carbonyl (C=O) groups excluding carboxylic acids is 1. The third-order valence-corrected chi connectivity index (χ3v) is 5.58. The summed E-state index contributed by atoms with van der Waals surface area (Å²) in [6, 6.07) is 16.4. The first-order chi connectivity index (χ1) is 14.5. The van der Waals surface area contributed by atoms with Crippen molar-refractivity contribution in [3.8, 4) is 11.1 Å². The Labute approximate surface area is 176 Å². The van der Waals surface area contributed by atoms with Gasteiger partial charge >= 0.3 is 0 Å². The van der Waals surface area contributed by atoms with Gasteiger partial charge in [0.1, 0.15) is 5.82 Å². The SMILES string of the molecule is CN(C)C1CCN(c2ccc(NC(=O)c3ccc(-c4cccnc4)cc3)cc2F)C1. The van der Waals surface area contributed by atoms with E-state index >= 15 is 0 Å². The molecular weight excluding hydrogens is 379 g/mol.